The highest BCUT2D eigenvalue weighted by Crippen LogP contribution is 2.25. The number of hydrogen-bond acceptors (Lipinski definition) is 6. The standard InChI is InChI=1S/C16H15N5O2S/c1-2-23-13-5-3-4-12(10-13)18-15(22)19-16-21-20-14(24-16)11-6-8-17-9-7-11/h3-10H,2H2,1H3,(H2,18,19,21,22). The Hall–Kier alpha value is -3.00. The van der Waals surface area contributed by atoms with Gasteiger partial charge in [-0.15, -0.1) is 10.2 Å². The maximum Gasteiger partial charge on any atom is 0.325 e. The molecule has 1 aromatic carbocycles. The summed E-state index contributed by atoms with van der Waals surface area (Å²) in [5, 5.41) is 14.6. The zero-order valence-corrected chi connectivity index (χ0v) is 13.7. The van der Waals surface area contributed by atoms with Crippen LogP contribution < -0.4 is 15.4 Å². The summed E-state index contributed by atoms with van der Waals surface area (Å²) in [5.41, 5.74) is 1.54. The average molecular weight is 341 g/mol. The van der Waals surface area contributed by atoms with Crippen molar-refractivity contribution in [2.75, 3.05) is 17.2 Å². The minimum atomic E-state index is -0.388. The van der Waals surface area contributed by atoms with Crippen LogP contribution in [0.5, 0.6) is 5.75 Å². The van der Waals surface area contributed by atoms with Gasteiger partial charge in [-0.2, -0.15) is 0 Å². The summed E-state index contributed by atoms with van der Waals surface area (Å²) in [6, 6.07) is 10.5. The van der Waals surface area contributed by atoms with E-state index < -0.39 is 0 Å². The maximum atomic E-state index is 12.1. The van der Waals surface area contributed by atoms with Crippen LogP contribution in [-0.4, -0.2) is 27.8 Å². The van der Waals surface area contributed by atoms with E-state index in [4.69, 9.17) is 4.74 Å². The van der Waals surface area contributed by atoms with Crippen molar-refractivity contribution >= 4 is 28.2 Å². The molecule has 0 fully saturated rings. The third-order valence-corrected chi connectivity index (χ3v) is 3.86. The molecule has 0 aliphatic carbocycles. The third kappa shape index (κ3) is 4.05. The van der Waals surface area contributed by atoms with Crippen LogP contribution in [0.1, 0.15) is 6.92 Å². The van der Waals surface area contributed by atoms with Crippen LogP contribution in [0.4, 0.5) is 15.6 Å². The van der Waals surface area contributed by atoms with Crippen LogP contribution in [0.15, 0.2) is 48.8 Å². The van der Waals surface area contributed by atoms with Crippen molar-refractivity contribution < 1.29 is 9.53 Å². The number of carbonyl (C=O) groups is 1. The van der Waals surface area contributed by atoms with E-state index in [-0.39, 0.29) is 6.03 Å². The second kappa shape index (κ2) is 7.51. The van der Waals surface area contributed by atoms with Crippen molar-refractivity contribution in [1.29, 1.82) is 0 Å². The summed E-state index contributed by atoms with van der Waals surface area (Å²) < 4.78 is 5.40. The van der Waals surface area contributed by atoms with Crippen molar-refractivity contribution in [3.05, 3.63) is 48.8 Å². The Morgan fingerprint density at radius 2 is 2.00 bits per heavy atom. The highest BCUT2D eigenvalue weighted by atomic mass is 32.1. The number of hydrogen-bond donors (Lipinski definition) is 2. The summed E-state index contributed by atoms with van der Waals surface area (Å²) in [7, 11) is 0. The molecule has 0 unspecified atom stereocenters. The minimum Gasteiger partial charge on any atom is -0.494 e. The number of urea groups is 1. The zero-order chi connectivity index (χ0) is 16.8. The number of ether oxygens (including phenoxy) is 1. The van der Waals surface area contributed by atoms with Crippen LogP contribution >= 0.6 is 11.3 Å². The smallest absolute Gasteiger partial charge is 0.325 e. The molecule has 0 aliphatic rings. The zero-order valence-electron chi connectivity index (χ0n) is 12.9. The average Bonchev–Trinajstić information content (AvgIpc) is 3.04. The largest absolute Gasteiger partial charge is 0.494 e. The van der Waals surface area contributed by atoms with Crippen LogP contribution in [-0.2, 0) is 0 Å². The van der Waals surface area contributed by atoms with Gasteiger partial charge >= 0.3 is 6.03 Å². The molecule has 2 heterocycles. The van der Waals surface area contributed by atoms with E-state index in [2.05, 4.69) is 25.8 Å². The molecule has 0 saturated carbocycles. The summed E-state index contributed by atoms with van der Waals surface area (Å²) in [6.45, 7) is 2.47. The van der Waals surface area contributed by atoms with E-state index in [1.54, 1.807) is 24.5 Å². The molecule has 3 aromatic rings. The molecule has 8 heteroatoms. The number of pyridine rings is 1. The van der Waals surface area contributed by atoms with Crippen molar-refractivity contribution in [3.8, 4) is 16.3 Å². The number of benzene rings is 1. The van der Waals surface area contributed by atoms with Crippen LogP contribution in [0.25, 0.3) is 10.6 Å². The van der Waals surface area contributed by atoms with Crippen molar-refractivity contribution in [2.45, 2.75) is 6.92 Å². The molecule has 2 N–H and O–H groups in total. The Bertz CT molecular complexity index is 822. The lowest BCUT2D eigenvalue weighted by molar-refractivity contribution is 0.262. The molecule has 0 saturated heterocycles. The van der Waals surface area contributed by atoms with E-state index >= 15 is 0 Å². The van der Waals surface area contributed by atoms with Gasteiger partial charge in [-0.1, -0.05) is 17.4 Å². The number of rotatable bonds is 5. The summed E-state index contributed by atoms with van der Waals surface area (Å²) in [4.78, 5) is 16.0. The molecule has 3 rings (SSSR count). The first-order valence-electron chi connectivity index (χ1n) is 7.29. The molecule has 2 aromatic heterocycles. The van der Waals surface area contributed by atoms with Gasteiger partial charge in [0.25, 0.3) is 0 Å². The first-order valence-corrected chi connectivity index (χ1v) is 8.11. The molecule has 0 bridgehead atoms. The molecule has 24 heavy (non-hydrogen) atoms. The van der Waals surface area contributed by atoms with Gasteiger partial charge in [-0.25, -0.2) is 4.79 Å². The van der Waals surface area contributed by atoms with E-state index in [0.29, 0.717) is 28.2 Å². The van der Waals surface area contributed by atoms with Crippen LogP contribution in [0.3, 0.4) is 0 Å². The van der Waals surface area contributed by atoms with E-state index in [1.807, 2.05) is 31.2 Å². The van der Waals surface area contributed by atoms with Gasteiger partial charge in [0.1, 0.15) is 10.8 Å². The number of aromatic nitrogens is 3. The fraction of sp³-hybridized carbons (Fsp3) is 0.125. The minimum absolute atomic E-state index is 0.388. The number of nitrogens with zero attached hydrogens (tertiary/aromatic N) is 3. The molecular formula is C16H15N5O2S. The van der Waals surface area contributed by atoms with Gasteiger partial charge in [0.15, 0.2) is 0 Å². The Balaban J connectivity index is 1.63. The lowest BCUT2D eigenvalue weighted by Gasteiger charge is -2.07. The van der Waals surface area contributed by atoms with Crippen LogP contribution in [0.2, 0.25) is 0 Å². The molecule has 0 aliphatic heterocycles. The maximum absolute atomic E-state index is 12.1. The van der Waals surface area contributed by atoms with Gasteiger partial charge in [-0.3, -0.25) is 10.3 Å². The first kappa shape index (κ1) is 15.9. The van der Waals surface area contributed by atoms with E-state index in [0.717, 1.165) is 5.56 Å². The van der Waals surface area contributed by atoms with Gasteiger partial charge in [0.05, 0.1) is 6.61 Å². The molecular weight excluding hydrogens is 326 g/mol. The monoisotopic (exact) mass is 341 g/mol. The number of amides is 2. The Morgan fingerprint density at radius 1 is 1.17 bits per heavy atom. The van der Waals surface area contributed by atoms with Crippen molar-refractivity contribution in [1.82, 2.24) is 15.2 Å². The first-order chi connectivity index (χ1) is 11.7. The SMILES string of the molecule is CCOc1cccc(NC(=O)Nc2nnc(-c3ccncc3)s2)c1. The molecule has 0 atom stereocenters. The second-order valence-corrected chi connectivity index (χ2v) is 5.67. The fourth-order valence-corrected chi connectivity index (χ4v) is 2.72. The molecule has 7 nitrogen and oxygen atoms in total. The summed E-state index contributed by atoms with van der Waals surface area (Å²) in [5.74, 6) is 0.700. The number of nitrogens with one attached hydrogen (secondary N) is 2. The quantitative estimate of drug-likeness (QED) is 0.739. The molecule has 0 radical (unpaired) electrons. The van der Waals surface area contributed by atoms with Gasteiger partial charge in [0.2, 0.25) is 5.13 Å². The Morgan fingerprint density at radius 3 is 2.79 bits per heavy atom. The normalized spacial score (nSPS) is 10.2. The van der Waals surface area contributed by atoms with Gasteiger partial charge < -0.3 is 10.1 Å². The van der Waals surface area contributed by atoms with Crippen molar-refractivity contribution in [2.24, 2.45) is 0 Å². The highest BCUT2D eigenvalue weighted by Gasteiger charge is 2.10. The molecule has 0 spiro atoms. The van der Waals surface area contributed by atoms with E-state index in [1.165, 1.54) is 11.3 Å². The number of anilines is 2. The Kier molecular flexibility index (Phi) is 4.97. The molecule has 122 valence electrons. The molecule has 2 amide bonds. The number of carbonyl (C=O) groups excluding carboxylic acids is 1. The third-order valence-electron chi connectivity index (χ3n) is 2.98. The van der Waals surface area contributed by atoms with E-state index in [9.17, 15) is 4.79 Å². The summed E-state index contributed by atoms with van der Waals surface area (Å²) in [6.07, 6.45) is 3.36. The Labute approximate surface area is 142 Å². The predicted octanol–water partition coefficient (Wildman–Crippen LogP) is 3.64. The fourth-order valence-electron chi connectivity index (χ4n) is 1.97. The summed E-state index contributed by atoms with van der Waals surface area (Å²) >= 11 is 1.29. The lowest BCUT2D eigenvalue weighted by atomic mass is 10.3. The van der Waals surface area contributed by atoms with Crippen LogP contribution in [0, 0.1) is 0 Å². The lowest BCUT2D eigenvalue weighted by Crippen LogP contribution is -2.19. The predicted molar refractivity (Wildman–Crippen MR) is 93.4 cm³/mol. The van der Waals surface area contributed by atoms with Gasteiger partial charge in [-0.05, 0) is 31.2 Å². The topological polar surface area (TPSA) is 89.0 Å². The highest BCUT2D eigenvalue weighted by molar-refractivity contribution is 7.18. The van der Waals surface area contributed by atoms with Crippen molar-refractivity contribution in [3.63, 3.8) is 0 Å². The second-order valence-electron chi connectivity index (χ2n) is 4.69. The van der Waals surface area contributed by atoms with Gasteiger partial charge in [0, 0.05) is 29.7 Å².